The van der Waals surface area contributed by atoms with E-state index in [9.17, 15) is 10.2 Å². The van der Waals surface area contributed by atoms with Crippen molar-refractivity contribution in [2.24, 2.45) is 0 Å². The predicted octanol–water partition coefficient (Wildman–Crippen LogP) is 3.80. The second-order valence-corrected chi connectivity index (χ2v) is 7.21. The SMILES string of the molecule is C(OCC1CO1)C1CO1.Cc1c(O)ccc(-c2ccc(O)c(C)c2C)c1C. The van der Waals surface area contributed by atoms with E-state index in [0.29, 0.717) is 23.7 Å². The van der Waals surface area contributed by atoms with Gasteiger partial charge in [0.1, 0.15) is 23.7 Å². The van der Waals surface area contributed by atoms with E-state index in [1.54, 1.807) is 12.1 Å². The molecule has 0 aromatic heterocycles. The van der Waals surface area contributed by atoms with Crippen molar-refractivity contribution in [2.75, 3.05) is 26.4 Å². The first-order valence-corrected chi connectivity index (χ1v) is 9.28. The summed E-state index contributed by atoms with van der Waals surface area (Å²) in [6.45, 7) is 11.1. The van der Waals surface area contributed by atoms with Crippen LogP contribution in [-0.4, -0.2) is 48.8 Å². The lowest BCUT2D eigenvalue weighted by Gasteiger charge is -2.15. The number of epoxide rings is 2. The van der Waals surface area contributed by atoms with Gasteiger partial charge in [-0.3, -0.25) is 0 Å². The minimum Gasteiger partial charge on any atom is -0.508 e. The smallest absolute Gasteiger partial charge is 0.118 e. The molecule has 0 bridgehead atoms. The Hall–Kier alpha value is -2.08. The van der Waals surface area contributed by atoms with Crippen LogP contribution < -0.4 is 0 Å². The number of hydrogen-bond acceptors (Lipinski definition) is 5. The van der Waals surface area contributed by atoms with Crippen molar-refractivity contribution in [3.8, 4) is 22.6 Å². The van der Waals surface area contributed by atoms with Gasteiger partial charge >= 0.3 is 0 Å². The van der Waals surface area contributed by atoms with Gasteiger partial charge in [-0.15, -0.1) is 0 Å². The second kappa shape index (κ2) is 8.30. The van der Waals surface area contributed by atoms with Crippen LogP contribution in [0.3, 0.4) is 0 Å². The Kier molecular flexibility index (Phi) is 6.05. The first kappa shape index (κ1) is 19.7. The minimum atomic E-state index is 0.324. The molecule has 0 spiro atoms. The molecule has 2 unspecified atom stereocenters. The van der Waals surface area contributed by atoms with Crippen LogP contribution in [0.4, 0.5) is 0 Å². The van der Waals surface area contributed by atoms with Crippen molar-refractivity contribution in [3.05, 3.63) is 46.5 Å². The summed E-state index contributed by atoms with van der Waals surface area (Å²) in [5, 5.41) is 19.4. The van der Waals surface area contributed by atoms with Crippen LogP contribution in [0.5, 0.6) is 11.5 Å². The molecule has 27 heavy (non-hydrogen) atoms. The molecule has 4 rings (SSSR count). The van der Waals surface area contributed by atoms with Gasteiger partial charge in [-0.05, 0) is 73.2 Å². The molecule has 2 heterocycles. The molecule has 2 aliphatic rings. The van der Waals surface area contributed by atoms with E-state index in [4.69, 9.17) is 14.2 Å². The summed E-state index contributed by atoms with van der Waals surface area (Å²) in [5.74, 6) is 0.647. The highest BCUT2D eigenvalue weighted by molar-refractivity contribution is 5.74. The van der Waals surface area contributed by atoms with Crippen molar-refractivity contribution in [1.29, 1.82) is 0 Å². The van der Waals surface area contributed by atoms with E-state index in [0.717, 1.165) is 59.8 Å². The standard InChI is InChI=1S/C16H18O2.C6H10O3/c1-9-11(3)15(17)7-5-13(9)14-6-8-16(18)12(4)10(14)2;1(5-3-8-5)7-2-6-4-9-6/h5-8,17-18H,1-4H3;5-6H,1-4H2. The van der Waals surface area contributed by atoms with Gasteiger partial charge in [0.25, 0.3) is 0 Å². The van der Waals surface area contributed by atoms with Gasteiger partial charge in [0.2, 0.25) is 0 Å². The van der Waals surface area contributed by atoms with Crippen LogP contribution in [0.15, 0.2) is 24.3 Å². The predicted molar refractivity (Wildman–Crippen MR) is 104 cm³/mol. The topological polar surface area (TPSA) is 74.8 Å². The fraction of sp³-hybridized carbons (Fsp3) is 0.455. The maximum absolute atomic E-state index is 9.70. The highest BCUT2D eigenvalue weighted by atomic mass is 16.6. The normalized spacial score (nSPS) is 20.0. The van der Waals surface area contributed by atoms with Gasteiger partial charge < -0.3 is 24.4 Å². The zero-order valence-corrected chi connectivity index (χ0v) is 16.4. The van der Waals surface area contributed by atoms with Gasteiger partial charge in [0, 0.05) is 0 Å². The third-order valence-corrected chi connectivity index (χ3v) is 5.22. The molecule has 2 aromatic rings. The minimum absolute atomic E-state index is 0.324. The van der Waals surface area contributed by atoms with Crippen LogP contribution in [-0.2, 0) is 14.2 Å². The highest BCUT2D eigenvalue weighted by Gasteiger charge is 2.26. The van der Waals surface area contributed by atoms with E-state index in [-0.39, 0.29) is 0 Å². The molecule has 2 N–H and O–H groups in total. The first-order chi connectivity index (χ1) is 12.9. The summed E-state index contributed by atoms with van der Waals surface area (Å²) in [6.07, 6.45) is 0.785. The number of benzene rings is 2. The summed E-state index contributed by atoms with van der Waals surface area (Å²) in [4.78, 5) is 0. The molecule has 146 valence electrons. The van der Waals surface area contributed by atoms with E-state index in [1.165, 1.54) is 0 Å². The Morgan fingerprint density at radius 1 is 0.741 bits per heavy atom. The van der Waals surface area contributed by atoms with E-state index in [2.05, 4.69) is 0 Å². The monoisotopic (exact) mass is 372 g/mol. The third-order valence-electron chi connectivity index (χ3n) is 5.22. The Labute approximate surface area is 160 Å². The first-order valence-electron chi connectivity index (χ1n) is 9.28. The van der Waals surface area contributed by atoms with Gasteiger partial charge in [-0.25, -0.2) is 0 Å². The highest BCUT2D eigenvalue weighted by Crippen LogP contribution is 2.35. The number of rotatable bonds is 5. The van der Waals surface area contributed by atoms with Crippen molar-refractivity contribution >= 4 is 0 Å². The number of hydrogen-bond donors (Lipinski definition) is 2. The third kappa shape index (κ3) is 5.01. The summed E-state index contributed by atoms with van der Waals surface area (Å²) < 4.78 is 15.1. The number of aromatic hydroxyl groups is 2. The van der Waals surface area contributed by atoms with Crippen molar-refractivity contribution < 1.29 is 24.4 Å². The molecular formula is C22H28O5. The van der Waals surface area contributed by atoms with Crippen LogP contribution in [0, 0.1) is 27.7 Å². The van der Waals surface area contributed by atoms with Crippen LogP contribution >= 0.6 is 0 Å². The van der Waals surface area contributed by atoms with E-state index < -0.39 is 0 Å². The number of phenolic OH excluding ortho intramolecular Hbond substituents is 2. The second-order valence-electron chi connectivity index (χ2n) is 7.21. The Morgan fingerprint density at radius 2 is 1.11 bits per heavy atom. The van der Waals surface area contributed by atoms with Gasteiger partial charge in [0.15, 0.2) is 0 Å². The molecule has 0 saturated carbocycles. The molecule has 2 atom stereocenters. The van der Waals surface area contributed by atoms with E-state index >= 15 is 0 Å². The lowest BCUT2D eigenvalue weighted by molar-refractivity contribution is 0.102. The molecular weight excluding hydrogens is 344 g/mol. The maximum atomic E-state index is 9.70. The molecule has 5 nitrogen and oxygen atoms in total. The van der Waals surface area contributed by atoms with Crippen molar-refractivity contribution in [3.63, 3.8) is 0 Å². The van der Waals surface area contributed by atoms with E-state index in [1.807, 2.05) is 39.8 Å². The van der Waals surface area contributed by atoms with Gasteiger partial charge in [0.05, 0.1) is 26.4 Å². The molecule has 5 heteroatoms. The Bertz CT molecular complexity index is 739. The maximum Gasteiger partial charge on any atom is 0.118 e. The molecule has 0 radical (unpaired) electrons. The summed E-state index contributed by atoms with van der Waals surface area (Å²) in [6, 6.07) is 7.30. The summed E-state index contributed by atoms with van der Waals surface area (Å²) in [5.41, 5.74) is 6.15. The molecule has 0 aliphatic carbocycles. The van der Waals surface area contributed by atoms with Gasteiger partial charge in [-0.2, -0.15) is 0 Å². The zero-order valence-electron chi connectivity index (χ0n) is 16.4. The van der Waals surface area contributed by atoms with Crippen LogP contribution in [0.25, 0.3) is 11.1 Å². The molecule has 0 amide bonds. The van der Waals surface area contributed by atoms with Crippen LogP contribution in [0.2, 0.25) is 0 Å². The lowest BCUT2D eigenvalue weighted by Crippen LogP contribution is -2.06. The number of ether oxygens (including phenoxy) is 3. The molecule has 2 fully saturated rings. The zero-order chi connectivity index (χ0) is 19.6. The molecule has 2 aromatic carbocycles. The van der Waals surface area contributed by atoms with Crippen molar-refractivity contribution in [2.45, 2.75) is 39.9 Å². The fourth-order valence-corrected chi connectivity index (χ4v) is 2.86. The van der Waals surface area contributed by atoms with Crippen molar-refractivity contribution in [1.82, 2.24) is 0 Å². The van der Waals surface area contributed by atoms with Crippen LogP contribution in [0.1, 0.15) is 22.3 Å². The number of phenols is 2. The Morgan fingerprint density at radius 3 is 1.44 bits per heavy atom. The summed E-state index contributed by atoms with van der Waals surface area (Å²) in [7, 11) is 0. The lowest BCUT2D eigenvalue weighted by atomic mass is 9.91. The summed E-state index contributed by atoms with van der Waals surface area (Å²) >= 11 is 0. The molecule has 2 saturated heterocycles. The fourth-order valence-electron chi connectivity index (χ4n) is 2.86. The average Bonchev–Trinajstić information content (AvgIpc) is 3.55. The largest absolute Gasteiger partial charge is 0.508 e. The quantitative estimate of drug-likeness (QED) is 0.781. The van der Waals surface area contributed by atoms with Gasteiger partial charge in [-0.1, -0.05) is 12.1 Å². The Balaban J connectivity index is 0.000000193. The molecule has 2 aliphatic heterocycles. The average molecular weight is 372 g/mol.